The number of morpholine rings is 1. The van der Waals surface area contributed by atoms with Gasteiger partial charge in [-0.2, -0.15) is 5.10 Å². The topological polar surface area (TPSA) is 42.3 Å². The first kappa shape index (κ1) is 14.0. The Balaban J connectivity index is 1.56. The molecule has 1 N–H and O–H groups in total. The fraction of sp³-hybridized carbons (Fsp3) is 0.800. The lowest BCUT2D eigenvalue weighted by molar-refractivity contribution is -0.0116. The number of nitrogens with one attached hydrogen (secondary N) is 1. The summed E-state index contributed by atoms with van der Waals surface area (Å²) in [5, 5.41) is 8.28. The Kier molecular flexibility index (Phi) is 4.38. The molecule has 0 bridgehead atoms. The van der Waals surface area contributed by atoms with Crippen LogP contribution in [-0.4, -0.2) is 53.1 Å². The Bertz CT molecular complexity index is 427. The van der Waals surface area contributed by atoms with Crippen molar-refractivity contribution in [1.82, 2.24) is 20.0 Å². The second-order valence-corrected chi connectivity index (χ2v) is 6.26. The number of hydrogen-bond donors (Lipinski definition) is 1. The van der Waals surface area contributed by atoms with Crippen molar-refractivity contribution in [2.24, 2.45) is 0 Å². The number of ether oxygens (including phenoxy) is 1. The van der Waals surface area contributed by atoms with E-state index in [-0.39, 0.29) is 0 Å². The SMILES string of the molecule is CC(C)n1ccc(CN2CCOCC2CNC2CC2)n1. The first-order valence-corrected chi connectivity index (χ1v) is 7.81. The van der Waals surface area contributed by atoms with Crippen LogP contribution in [0, 0.1) is 0 Å². The molecule has 1 aromatic rings. The Labute approximate surface area is 121 Å². The summed E-state index contributed by atoms with van der Waals surface area (Å²) in [7, 11) is 0. The van der Waals surface area contributed by atoms with Crippen molar-refractivity contribution in [3.05, 3.63) is 18.0 Å². The van der Waals surface area contributed by atoms with Gasteiger partial charge in [0.05, 0.1) is 18.9 Å². The molecule has 2 aliphatic rings. The molecule has 20 heavy (non-hydrogen) atoms. The van der Waals surface area contributed by atoms with Gasteiger partial charge in [-0.25, -0.2) is 0 Å². The first-order chi connectivity index (χ1) is 9.72. The molecule has 1 unspecified atom stereocenters. The van der Waals surface area contributed by atoms with Crippen LogP contribution in [0.2, 0.25) is 0 Å². The zero-order chi connectivity index (χ0) is 13.9. The van der Waals surface area contributed by atoms with E-state index in [9.17, 15) is 0 Å². The second kappa shape index (κ2) is 6.24. The highest BCUT2D eigenvalue weighted by Gasteiger charge is 2.27. The molecule has 0 radical (unpaired) electrons. The summed E-state index contributed by atoms with van der Waals surface area (Å²) in [4.78, 5) is 2.51. The summed E-state index contributed by atoms with van der Waals surface area (Å²) in [5.41, 5.74) is 1.16. The van der Waals surface area contributed by atoms with E-state index in [4.69, 9.17) is 4.74 Å². The lowest BCUT2D eigenvalue weighted by Gasteiger charge is -2.35. The Hall–Kier alpha value is -0.910. The van der Waals surface area contributed by atoms with Crippen LogP contribution >= 0.6 is 0 Å². The van der Waals surface area contributed by atoms with Crippen LogP contribution in [0.3, 0.4) is 0 Å². The van der Waals surface area contributed by atoms with E-state index in [1.807, 2.05) is 4.68 Å². The highest BCUT2D eigenvalue weighted by molar-refractivity contribution is 5.00. The minimum atomic E-state index is 0.431. The van der Waals surface area contributed by atoms with E-state index in [0.717, 1.165) is 44.6 Å². The number of aromatic nitrogens is 2. The fourth-order valence-electron chi connectivity index (χ4n) is 2.63. The third-order valence-corrected chi connectivity index (χ3v) is 4.13. The van der Waals surface area contributed by atoms with Gasteiger partial charge in [0.25, 0.3) is 0 Å². The third kappa shape index (κ3) is 3.59. The number of nitrogens with zero attached hydrogens (tertiary/aromatic N) is 3. The predicted molar refractivity (Wildman–Crippen MR) is 78.7 cm³/mol. The Morgan fingerprint density at radius 3 is 3.00 bits per heavy atom. The van der Waals surface area contributed by atoms with Gasteiger partial charge in [0.15, 0.2) is 0 Å². The molecule has 1 aliphatic carbocycles. The van der Waals surface area contributed by atoms with Gasteiger partial charge in [-0.1, -0.05) is 0 Å². The summed E-state index contributed by atoms with van der Waals surface area (Å²) < 4.78 is 7.67. The predicted octanol–water partition coefficient (Wildman–Crippen LogP) is 1.42. The van der Waals surface area contributed by atoms with E-state index in [0.29, 0.717) is 12.1 Å². The van der Waals surface area contributed by atoms with Crippen molar-refractivity contribution in [3.63, 3.8) is 0 Å². The van der Waals surface area contributed by atoms with Gasteiger partial charge in [-0.15, -0.1) is 0 Å². The van der Waals surface area contributed by atoms with Crippen LogP contribution in [0.15, 0.2) is 12.3 Å². The molecule has 1 saturated carbocycles. The molecule has 5 nitrogen and oxygen atoms in total. The van der Waals surface area contributed by atoms with Gasteiger partial charge in [0, 0.05) is 44.0 Å². The monoisotopic (exact) mass is 278 g/mol. The van der Waals surface area contributed by atoms with Crippen molar-refractivity contribution >= 4 is 0 Å². The molecule has 1 aliphatic heterocycles. The van der Waals surface area contributed by atoms with E-state index < -0.39 is 0 Å². The minimum absolute atomic E-state index is 0.431. The largest absolute Gasteiger partial charge is 0.378 e. The highest BCUT2D eigenvalue weighted by atomic mass is 16.5. The van der Waals surface area contributed by atoms with E-state index in [1.54, 1.807) is 0 Å². The normalized spacial score (nSPS) is 24.4. The fourth-order valence-corrected chi connectivity index (χ4v) is 2.63. The van der Waals surface area contributed by atoms with Crippen LogP contribution < -0.4 is 5.32 Å². The molecular formula is C15H26N4O. The molecule has 1 saturated heterocycles. The molecule has 0 aromatic carbocycles. The highest BCUT2D eigenvalue weighted by Crippen LogP contribution is 2.19. The van der Waals surface area contributed by atoms with E-state index in [2.05, 4.69) is 41.4 Å². The summed E-state index contributed by atoms with van der Waals surface area (Å²) in [6, 6.07) is 3.81. The van der Waals surface area contributed by atoms with Crippen LogP contribution in [0.5, 0.6) is 0 Å². The molecule has 1 atom stereocenters. The quantitative estimate of drug-likeness (QED) is 0.854. The molecule has 5 heteroatoms. The summed E-state index contributed by atoms with van der Waals surface area (Å²) in [6.07, 6.45) is 4.76. The lowest BCUT2D eigenvalue weighted by Crippen LogP contribution is -2.50. The zero-order valence-corrected chi connectivity index (χ0v) is 12.6. The molecule has 3 rings (SSSR count). The summed E-state index contributed by atoms with van der Waals surface area (Å²) in [6.45, 7) is 8.97. The lowest BCUT2D eigenvalue weighted by atomic mass is 10.2. The maximum absolute atomic E-state index is 5.64. The van der Waals surface area contributed by atoms with Crippen molar-refractivity contribution < 1.29 is 4.74 Å². The van der Waals surface area contributed by atoms with Crippen LogP contribution in [0.25, 0.3) is 0 Å². The van der Waals surface area contributed by atoms with E-state index >= 15 is 0 Å². The average Bonchev–Trinajstić information content (AvgIpc) is 3.15. The van der Waals surface area contributed by atoms with Gasteiger partial charge in [-0.05, 0) is 32.8 Å². The second-order valence-electron chi connectivity index (χ2n) is 6.26. The van der Waals surface area contributed by atoms with Crippen molar-refractivity contribution in [2.45, 2.75) is 51.4 Å². The molecule has 0 spiro atoms. The third-order valence-electron chi connectivity index (χ3n) is 4.13. The maximum atomic E-state index is 5.64. The Morgan fingerprint density at radius 2 is 2.30 bits per heavy atom. The summed E-state index contributed by atoms with van der Waals surface area (Å²) >= 11 is 0. The molecule has 2 heterocycles. The van der Waals surface area contributed by atoms with E-state index in [1.165, 1.54) is 12.8 Å². The Morgan fingerprint density at radius 1 is 1.45 bits per heavy atom. The van der Waals surface area contributed by atoms with Gasteiger partial charge >= 0.3 is 0 Å². The summed E-state index contributed by atoms with van der Waals surface area (Å²) in [5.74, 6) is 0. The van der Waals surface area contributed by atoms with Crippen molar-refractivity contribution in [3.8, 4) is 0 Å². The standard InChI is InChI=1S/C15H26N4O/c1-12(2)19-6-5-14(17-19)10-18-7-8-20-11-15(18)9-16-13-3-4-13/h5-6,12-13,15-16H,3-4,7-11H2,1-2H3. The molecule has 2 fully saturated rings. The van der Waals surface area contributed by atoms with Crippen LogP contribution in [0.1, 0.15) is 38.4 Å². The van der Waals surface area contributed by atoms with Gasteiger partial charge in [0.2, 0.25) is 0 Å². The molecular weight excluding hydrogens is 252 g/mol. The smallest absolute Gasteiger partial charge is 0.0765 e. The number of rotatable bonds is 6. The zero-order valence-electron chi connectivity index (χ0n) is 12.6. The first-order valence-electron chi connectivity index (χ1n) is 7.81. The van der Waals surface area contributed by atoms with Gasteiger partial charge in [0.1, 0.15) is 0 Å². The van der Waals surface area contributed by atoms with Crippen LogP contribution in [-0.2, 0) is 11.3 Å². The van der Waals surface area contributed by atoms with Crippen molar-refractivity contribution in [2.75, 3.05) is 26.3 Å². The van der Waals surface area contributed by atoms with Gasteiger partial charge < -0.3 is 10.1 Å². The number of hydrogen-bond acceptors (Lipinski definition) is 4. The van der Waals surface area contributed by atoms with Crippen LogP contribution in [0.4, 0.5) is 0 Å². The molecule has 112 valence electrons. The average molecular weight is 278 g/mol. The molecule has 0 amide bonds. The van der Waals surface area contributed by atoms with Gasteiger partial charge in [-0.3, -0.25) is 9.58 Å². The molecule has 1 aromatic heterocycles. The maximum Gasteiger partial charge on any atom is 0.0765 e. The minimum Gasteiger partial charge on any atom is -0.378 e. The van der Waals surface area contributed by atoms with Crippen molar-refractivity contribution in [1.29, 1.82) is 0 Å².